The summed E-state index contributed by atoms with van der Waals surface area (Å²) in [5.41, 5.74) is 3.71. The predicted molar refractivity (Wildman–Crippen MR) is 136 cm³/mol. The van der Waals surface area contributed by atoms with Gasteiger partial charge in [0.15, 0.2) is 0 Å². The smallest absolute Gasteiger partial charge is 0.370 e. The summed E-state index contributed by atoms with van der Waals surface area (Å²) in [5.74, 6) is -0.340. The highest BCUT2D eigenvalue weighted by Crippen LogP contribution is 2.49. The number of rotatable bonds is 16. The minimum Gasteiger partial charge on any atom is -0.370 e. The minimum absolute atomic E-state index is 0.00274. The van der Waals surface area contributed by atoms with Gasteiger partial charge in [-0.3, -0.25) is 41.9 Å². The summed E-state index contributed by atoms with van der Waals surface area (Å²) < 4.78 is 50.8. The molecule has 1 aliphatic rings. The Morgan fingerprint density at radius 1 is 1.15 bits per heavy atom. The molecule has 0 radical (unpaired) electrons. The van der Waals surface area contributed by atoms with Gasteiger partial charge in [-0.25, -0.2) is 13.9 Å². The number of aryl methyl sites for hydroxylation is 1. The molecular weight excluding hydrogens is 578 g/mol. The number of ether oxygens (including phenoxy) is 1. The van der Waals surface area contributed by atoms with Gasteiger partial charge in [-0.2, -0.15) is 0 Å². The number of H-pyrrole nitrogens is 1. The lowest BCUT2D eigenvalue weighted by atomic mass is 10.1. The summed E-state index contributed by atoms with van der Waals surface area (Å²) in [6.07, 6.45) is 2.40. The molecule has 40 heavy (non-hydrogen) atoms. The molecule has 5 N–H and O–H groups in total. The molecule has 0 spiro atoms. The molecular formula is C20H32N6O12P2. The number of nitrogens with one attached hydrogen (secondary N) is 1. The second-order valence-electron chi connectivity index (χ2n) is 8.81. The second kappa shape index (κ2) is 13.9. The number of carbonyl (C=O) groups is 1. The second-order valence-corrected chi connectivity index (χ2v) is 11.9. The number of primary amides is 1. The number of hydrogen-bond donors (Lipinski definition) is 4. The molecule has 3 rings (SSSR count). The molecule has 1 amide bonds. The molecule has 0 saturated carbocycles. The van der Waals surface area contributed by atoms with Crippen LogP contribution in [0.15, 0.2) is 22.0 Å². The molecule has 1 aliphatic heterocycles. The lowest BCUT2D eigenvalue weighted by molar-refractivity contribution is -0.118. The highest BCUT2D eigenvalue weighted by molar-refractivity contribution is 7.47. The van der Waals surface area contributed by atoms with E-state index in [1.54, 1.807) is 0 Å². The summed E-state index contributed by atoms with van der Waals surface area (Å²) in [4.78, 5) is 57.5. The van der Waals surface area contributed by atoms with Gasteiger partial charge in [-0.05, 0) is 12.8 Å². The molecule has 224 valence electrons. The Morgan fingerprint density at radius 2 is 1.85 bits per heavy atom. The van der Waals surface area contributed by atoms with Crippen LogP contribution >= 0.6 is 15.6 Å². The van der Waals surface area contributed by atoms with Gasteiger partial charge in [0, 0.05) is 39.8 Å². The van der Waals surface area contributed by atoms with E-state index in [9.17, 15) is 33.3 Å². The van der Waals surface area contributed by atoms with Crippen molar-refractivity contribution in [1.29, 1.82) is 0 Å². The fraction of sp³-hybridized carbons (Fsp3) is 0.650. The van der Waals surface area contributed by atoms with E-state index in [1.807, 2.05) is 0 Å². The lowest BCUT2D eigenvalue weighted by Gasteiger charge is -2.21. The number of hydrogen-bond acceptors (Lipinski definition) is 12. The van der Waals surface area contributed by atoms with Crippen LogP contribution in [0.4, 0.5) is 0 Å². The van der Waals surface area contributed by atoms with E-state index < -0.39 is 51.9 Å². The fourth-order valence-corrected chi connectivity index (χ4v) is 5.00. The van der Waals surface area contributed by atoms with Crippen LogP contribution in [0.3, 0.4) is 0 Å². The Kier molecular flexibility index (Phi) is 11.1. The van der Waals surface area contributed by atoms with E-state index in [0.29, 0.717) is 19.4 Å². The van der Waals surface area contributed by atoms with E-state index in [2.05, 4.69) is 24.3 Å². The summed E-state index contributed by atoms with van der Waals surface area (Å²) in [6, 6.07) is 0. The molecule has 2 aromatic rings. The highest BCUT2D eigenvalue weighted by atomic mass is 31.2. The minimum atomic E-state index is -4.53. The standard InChI is InChI=1S/C20H32N6O12P2/c1-34-39(30,31)36-12-16-15(38-40(32,33)35-2)9-18(37-16)26-10-13(19(28)22-20(26)29)14-11-25(24-23-14)8-6-4-3-5-7-17(21)27/h10-11,15-16,18H,3-9,12H2,1-2H3,(H2,21,27)(H,30,31)(H,32,33)(H,22,28,29)/t15?,16-,18-/m1/s1. The van der Waals surface area contributed by atoms with Crippen molar-refractivity contribution in [1.82, 2.24) is 24.5 Å². The Morgan fingerprint density at radius 3 is 2.52 bits per heavy atom. The van der Waals surface area contributed by atoms with E-state index >= 15 is 0 Å². The quantitative estimate of drug-likeness (QED) is 0.148. The molecule has 0 aliphatic carbocycles. The maximum atomic E-state index is 12.7. The van der Waals surface area contributed by atoms with E-state index in [0.717, 1.165) is 38.0 Å². The van der Waals surface area contributed by atoms with Gasteiger partial charge < -0.3 is 20.3 Å². The maximum Gasteiger partial charge on any atom is 0.472 e. The van der Waals surface area contributed by atoms with Crippen LogP contribution in [0.25, 0.3) is 11.3 Å². The van der Waals surface area contributed by atoms with Crippen molar-refractivity contribution in [3.8, 4) is 11.3 Å². The molecule has 20 heteroatoms. The molecule has 1 saturated heterocycles. The molecule has 1 fully saturated rings. The average Bonchev–Trinajstić information content (AvgIpc) is 3.51. The van der Waals surface area contributed by atoms with Crippen LogP contribution in [0.1, 0.15) is 44.8 Å². The third kappa shape index (κ3) is 8.99. The summed E-state index contributed by atoms with van der Waals surface area (Å²) in [7, 11) is -7.07. The van der Waals surface area contributed by atoms with Crippen molar-refractivity contribution in [2.24, 2.45) is 5.73 Å². The van der Waals surface area contributed by atoms with Crippen molar-refractivity contribution in [2.45, 2.75) is 63.5 Å². The Balaban J connectivity index is 1.76. The maximum absolute atomic E-state index is 12.7. The Bertz CT molecular complexity index is 1380. The summed E-state index contributed by atoms with van der Waals surface area (Å²) in [5, 5.41) is 8.02. The molecule has 3 heterocycles. The normalized spacial score (nSPS) is 22.1. The number of phosphoric ester groups is 2. The van der Waals surface area contributed by atoms with Gasteiger partial charge in [-0.1, -0.05) is 18.1 Å². The number of unbranched alkanes of at least 4 members (excludes halogenated alkanes) is 3. The first-order chi connectivity index (χ1) is 18.8. The predicted octanol–water partition coefficient (Wildman–Crippen LogP) is 0.414. The molecule has 0 aromatic carbocycles. The Hall–Kier alpha value is -2.53. The molecule has 18 nitrogen and oxygen atoms in total. The lowest BCUT2D eigenvalue weighted by Crippen LogP contribution is -2.33. The first-order valence-electron chi connectivity index (χ1n) is 12.1. The molecule has 2 aromatic heterocycles. The van der Waals surface area contributed by atoms with Crippen molar-refractivity contribution < 1.29 is 46.5 Å². The molecule has 5 atom stereocenters. The molecule has 3 unspecified atom stereocenters. The Labute approximate surface area is 227 Å². The van der Waals surface area contributed by atoms with Crippen LogP contribution < -0.4 is 17.0 Å². The van der Waals surface area contributed by atoms with Gasteiger partial charge >= 0.3 is 21.3 Å². The third-order valence-corrected chi connectivity index (χ3v) is 7.90. The van der Waals surface area contributed by atoms with Gasteiger partial charge in [0.05, 0.1) is 18.4 Å². The van der Waals surface area contributed by atoms with E-state index in [1.165, 1.54) is 17.1 Å². The van der Waals surface area contributed by atoms with Crippen LogP contribution in [-0.2, 0) is 43.3 Å². The van der Waals surface area contributed by atoms with Gasteiger partial charge in [0.2, 0.25) is 5.91 Å². The molecule has 0 bridgehead atoms. The first kappa shape index (κ1) is 32.0. The van der Waals surface area contributed by atoms with Gasteiger partial charge in [0.1, 0.15) is 24.1 Å². The third-order valence-electron chi connectivity index (χ3n) is 5.97. The number of nitrogens with zero attached hydrogens (tertiary/aromatic N) is 4. The van der Waals surface area contributed by atoms with Crippen molar-refractivity contribution >= 4 is 21.6 Å². The van der Waals surface area contributed by atoms with Crippen molar-refractivity contribution in [3.63, 3.8) is 0 Å². The largest absolute Gasteiger partial charge is 0.472 e. The zero-order chi connectivity index (χ0) is 29.5. The van der Waals surface area contributed by atoms with E-state index in [4.69, 9.17) is 19.5 Å². The average molecular weight is 610 g/mol. The van der Waals surface area contributed by atoms with E-state index in [-0.39, 0.29) is 23.6 Å². The van der Waals surface area contributed by atoms with Crippen LogP contribution in [-0.4, -0.2) is 73.3 Å². The van der Waals surface area contributed by atoms with Crippen LogP contribution in [0.2, 0.25) is 0 Å². The summed E-state index contributed by atoms with van der Waals surface area (Å²) >= 11 is 0. The number of carbonyl (C=O) groups excluding carboxylic acids is 1. The topological polar surface area (TPSA) is 249 Å². The number of amides is 1. The highest BCUT2D eigenvalue weighted by Gasteiger charge is 2.43. The number of phosphoric acid groups is 2. The number of aromatic amines is 1. The fourth-order valence-electron chi connectivity index (χ4n) is 3.91. The van der Waals surface area contributed by atoms with Crippen LogP contribution in [0.5, 0.6) is 0 Å². The van der Waals surface area contributed by atoms with Crippen molar-refractivity contribution in [2.75, 3.05) is 20.8 Å². The summed E-state index contributed by atoms with van der Waals surface area (Å²) in [6.45, 7) is -0.0984. The number of aromatic nitrogens is 5. The first-order valence-corrected chi connectivity index (χ1v) is 15.1. The van der Waals surface area contributed by atoms with Crippen molar-refractivity contribution in [3.05, 3.63) is 33.2 Å². The zero-order valence-electron chi connectivity index (χ0n) is 21.8. The zero-order valence-corrected chi connectivity index (χ0v) is 23.6. The monoisotopic (exact) mass is 610 g/mol. The van der Waals surface area contributed by atoms with Gasteiger partial charge in [-0.15, -0.1) is 5.10 Å². The number of nitrogens with two attached hydrogens (primary N) is 1. The SMILES string of the molecule is COP(=O)(O)OC[C@H]1O[C@@H](n2cc(-c3cn(CCCCCCC(N)=O)nn3)c(=O)[nH]c2=O)CC1OP(=O)(O)OC. The van der Waals surface area contributed by atoms with Gasteiger partial charge in [0.25, 0.3) is 5.56 Å². The van der Waals surface area contributed by atoms with Crippen LogP contribution in [0, 0.1) is 0 Å².